The molecule has 138 valence electrons. The molecule has 0 unspecified atom stereocenters. The van der Waals surface area contributed by atoms with E-state index >= 15 is 0 Å². The molecule has 2 N–H and O–H groups in total. The van der Waals surface area contributed by atoms with Gasteiger partial charge in [-0.25, -0.2) is 18.4 Å². The summed E-state index contributed by atoms with van der Waals surface area (Å²) in [4.78, 5) is 8.86. The number of sulfone groups is 1. The zero-order chi connectivity index (χ0) is 19.3. The summed E-state index contributed by atoms with van der Waals surface area (Å²) in [5, 5.41) is 11.0. The Morgan fingerprint density at radius 2 is 1.81 bits per heavy atom. The van der Waals surface area contributed by atoms with Crippen LogP contribution in [-0.4, -0.2) is 33.3 Å². The number of aryl methyl sites for hydroxylation is 1. The maximum absolute atomic E-state index is 13.0. The molecule has 0 fully saturated rings. The van der Waals surface area contributed by atoms with Crippen molar-refractivity contribution in [2.45, 2.75) is 44.3 Å². The van der Waals surface area contributed by atoms with Gasteiger partial charge in [0.15, 0.2) is 15.7 Å². The number of H-pyrrole nitrogens is 1. The second kappa shape index (κ2) is 6.45. The number of nitrogens with one attached hydrogen (secondary N) is 2. The topological polar surface area (TPSA) is 101 Å². The molecule has 0 bridgehead atoms. The fourth-order valence-corrected chi connectivity index (χ4v) is 4.98. The average Bonchev–Trinajstić information content (AvgIpc) is 2.85. The molecule has 0 atom stereocenters. The fraction of sp³-hybridized carbons (Fsp3) is 0.353. The van der Waals surface area contributed by atoms with Crippen LogP contribution in [0.2, 0.25) is 0 Å². The molecule has 0 radical (unpaired) electrons. The Morgan fingerprint density at radius 3 is 2.38 bits per heavy atom. The van der Waals surface area contributed by atoms with Gasteiger partial charge < -0.3 is 5.32 Å². The Labute approximate surface area is 166 Å². The van der Waals surface area contributed by atoms with E-state index in [4.69, 9.17) is 0 Å². The zero-order valence-corrected chi connectivity index (χ0v) is 18.2. The van der Waals surface area contributed by atoms with Crippen molar-refractivity contribution in [2.75, 3.05) is 5.32 Å². The molecule has 3 rings (SSSR count). The van der Waals surface area contributed by atoms with E-state index in [0.29, 0.717) is 26.1 Å². The molecule has 0 aliphatic carbocycles. The minimum absolute atomic E-state index is 0.283. The molecule has 2 aromatic heterocycles. The predicted molar refractivity (Wildman–Crippen MR) is 111 cm³/mol. The number of aromatic amines is 1. The first-order valence-corrected chi connectivity index (χ1v) is 10.6. The van der Waals surface area contributed by atoms with E-state index in [-0.39, 0.29) is 4.90 Å². The molecule has 1 aromatic carbocycles. The average molecular weight is 485 g/mol. The van der Waals surface area contributed by atoms with E-state index in [1.54, 1.807) is 32.9 Å². The van der Waals surface area contributed by atoms with Gasteiger partial charge in [-0.15, -0.1) is 0 Å². The third-order valence-corrected chi connectivity index (χ3v) is 8.06. The number of anilines is 2. The van der Waals surface area contributed by atoms with Gasteiger partial charge in [0.1, 0.15) is 12.1 Å². The molecular formula is C17H20IN5O2S. The summed E-state index contributed by atoms with van der Waals surface area (Å²) in [5.41, 5.74) is 2.60. The van der Waals surface area contributed by atoms with Crippen molar-refractivity contribution in [1.29, 1.82) is 0 Å². The highest BCUT2D eigenvalue weighted by Crippen LogP contribution is 2.33. The van der Waals surface area contributed by atoms with E-state index in [1.807, 2.05) is 36.4 Å². The Morgan fingerprint density at radius 1 is 1.12 bits per heavy atom. The van der Waals surface area contributed by atoms with Gasteiger partial charge in [-0.1, -0.05) is 0 Å². The summed E-state index contributed by atoms with van der Waals surface area (Å²) in [6.07, 6.45) is 1.45. The second-order valence-corrected chi connectivity index (χ2v) is 10.9. The molecular weight excluding hydrogens is 465 g/mol. The van der Waals surface area contributed by atoms with Gasteiger partial charge >= 0.3 is 0 Å². The van der Waals surface area contributed by atoms with Crippen LogP contribution in [0.4, 0.5) is 11.6 Å². The largest absolute Gasteiger partial charge is 0.323 e. The van der Waals surface area contributed by atoms with Crippen LogP contribution in [0.25, 0.3) is 10.9 Å². The lowest BCUT2D eigenvalue weighted by atomic mass is 10.2. The van der Waals surface area contributed by atoms with Crippen LogP contribution in [0.15, 0.2) is 23.4 Å². The lowest BCUT2D eigenvalue weighted by Gasteiger charge is -2.20. The van der Waals surface area contributed by atoms with Crippen LogP contribution in [0.3, 0.4) is 0 Å². The molecule has 26 heavy (non-hydrogen) atoms. The van der Waals surface area contributed by atoms with Crippen molar-refractivity contribution < 1.29 is 8.42 Å². The van der Waals surface area contributed by atoms with Crippen molar-refractivity contribution in [3.8, 4) is 0 Å². The third kappa shape index (κ3) is 3.18. The monoisotopic (exact) mass is 485 g/mol. The number of aromatic nitrogens is 4. The number of rotatable bonds is 3. The third-order valence-electron chi connectivity index (χ3n) is 4.27. The number of halogens is 1. The molecule has 0 aliphatic rings. The standard InChI is InChI=1S/C17H20IN5O2S/c1-9-10(2)22-23-15(9)21-16-11-6-14(26(24,25)17(3,4)5)12(18)7-13(11)19-8-20-16/h6-8H,1-5H3,(H2,19,20,21,22,23). The predicted octanol–water partition coefficient (Wildman–Crippen LogP) is 3.89. The SMILES string of the molecule is Cc1[nH]nc(Nc2ncnc3cc(I)c(S(=O)(=O)C(C)(C)C)cc23)c1C. The van der Waals surface area contributed by atoms with Gasteiger partial charge in [0.25, 0.3) is 0 Å². The smallest absolute Gasteiger partial charge is 0.184 e. The van der Waals surface area contributed by atoms with E-state index in [9.17, 15) is 8.42 Å². The van der Waals surface area contributed by atoms with E-state index < -0.39 is 14.6 Å². The minimum atomic E-state index is -3.50. The van der Waals surface area contributed by atoms with Gasteiger partial charge in [-0.2, -0.15) is 5.10 Å². The van der Waals surface area contributed by atoms with Crippen LogP contribution in [0.5, 0.6) is 0 Å². The van der Waals surface area contributed by atoms with Gasteiger partial charge in [-0.3, -0.25) is 5.10 Å². The highest BCUT2D eigenvalue weighted by Gasteiger charge is 2.33. The van der Waals surface area contributed by atoms with Crippen molar-refractivity contribution in [3.05, 3.63) is 33.3 Å². The fourth-order valence-electron chi connectivity index (χ4n) is 2.41. The molecule has 0 spiro atoms. The quantitative estimate of drug-likeness (QED) is 0.546. The zero-order valence-electron chi connectivity index (χ0n) is 15.2. The van der Waals surface area contributed by atoms with Gasteiger partial charge in [0.2, 0.25) is 0 Å². The summed E-state index contributed by atoms with van der Waals surface area (Å²) < 4.78 is 25.7. The summed E-state index contributed by atoms with van der Waals surface area (Å²) in [6.45, 7) is 8.96. The first-order valence-electron chi connectivity index (χ1n) is 8.00. The van der Waals surface area contributed by atoms with E-state index in [1.165, 1.54) is 6.33 Å². The Balaban J connectivity index is 2.21. The normalized spacial score (nSPS) is 12.5. The molecule has 3 aromatic rings. The number of hydrogen-bond donors (Lipinski definition) is 2. The Kier molecular flexibility index (Phi) is 4.72. The van der Waals surface area contributed by atoms with Crippen LogP contribution in [-0.2, 0) is 9.84 Å². The number of benzene rings is 1. The first kappa shape index (κ1) is 19.0. The molecule has 0 amide bonds. The molecule has 2 heterocycles. The summed E-state index contributed by atoms with van der Waals surface area (Å²) in [7, 11) is -3.50. The van der Waals surface area contributed by atoms with Crippen molar-refractivity contribution in [1.82, 2.24) is 20.2 Å². The van der Waals surface area contributed by atoms with Crippen molar-refractivity contribution in [2.24, 2.45) is 0 Å². The Hall–Kier alpha value is -1.75. The maximum atomic E-state index is 13.0. The van der Waals surface area contributed by atoms with Gasteiger partial charge in [0.05, 0.1) is 15.2 Å². The van der Waals surface area contributed by atoms with Crippen LogP contribution < -0.4 is 5.32 Å². The second-order valence-electron chi connectivity index (χ2n) is 7.09. The molecule has 9 heteroatoms. The van der Waals surface area contributed by atoms with Gasteiger partial charge in [0, 0.05) is 20.2 Å². The first-order chi connectivity index (χ1) is 12.0. The van der Waals surface area contributed by atoms with Crippen LogP contribution in [0, 0.1) is 17.4 Å². The molecule has 0 aliphatic heterocycles. The molecule has 0 saturated heterocycles. The molecule has 0 saturated carbocycles. The Bertz CT molecular complexity index is 1100. The number of hydrogen-bond acceptors (Lipinski definition) is 6. The lowest BCUT2D eigenvalue weighted by Crippen LogP contribution is -2.28. The maximum Gasteiger partial charge on any atom is 0.184 e. The van der Waals surface area contributed by atoms with Crippen LogP contribution >= 0.6 is 22.6 Å². The van der Waals surface area contributed by atoms with Crippen molar-refractivity contribution >= 4 is 55.0 Å². The minimum Gasteiger partial charge on any atom is -0.323 e. The number of nitrogens with zero attached hydrogens (tertiary/aromatic N) is 3. The van der Waals surface area contributed by atoms with Crippen LogP contribution in [0.1, 0.15) is 32.0 Å². The summed E-state index contributed by atoms with van der Waals surface area (Å²) >= 11 is 2.04. The molecule has 7 nitrogen and oxygen atoms in total. The summed E-state index contributed by atoms with van der Waals surface area (Å²) in [6, 6.07) is 3.42. The van der Waals surface area contributed by atoms with Gasteiger partial charge in [-0.05, 0) is 69.3 Å². The highest BCUT2D eigenvalue weighted by molar-refractivity contribution is 14.1. The lowest BCUT2D eigenvalue weighted by molar-refractivity contribution is 0.560. The summed E-state index contributed by atoms with van der Waals surface area (Å²) in [5.74, 6) is 1.17. The van der Waals surface area contributed by atoms with Crippen molar-refractivity contribution in [3.63, 3.8) is 0 Å². The number of fused-ring (bicyclic) bond motifs is 1. The van der Waals surface area contributed by atoms with E-state index in [0.717, 1.165) is 11.3 Å². The van der Waals surface area contributed by atoms with E-state index in [2.05, 4.69) is 25.5 Å². The highest BCUT2D eigenvalue weighted by atomic mass is 127.